The van der Waals surface area contributed by atoms with Gasteiger partial charge in [-0.05, 0) is 35.6 Å². The second-order valence-corrected chi connectivity index (χ2v) is 5.91. The highest BCUT2D eigenvalue weighted by atomic mass is 35.5. The van der Waals surface area contributed by atoms with Crippen LogP contribution < -0.4 is 0 Å². The number of carbonyl (C=O) groups excluding carboxylic acids is 1. The normalized spacial score (nSPS) is 15.1. The van der Waals surface area contributed by atoms with Crippen LogP contribution in [0.4, 0.5) is 0 Å². The van der Waals surface area contributed by atoms with Crippen molar-refractivity contribution in [1.82, 2.24) is 4.90 Å². The van der Waals surface area contributed by atoms with Gasteiger partial charge in [0.2, 0.25) is 5.91 Å². The van der Waals surface area contributed by atoms with E-state index in [1.165, 1.54) is 20.5 Å². The van der Waals surface area contributed by atoms with E-state index in [0.29, 0.717) is 0 Å². The number of thiophene rings is 1. The zero-order valence-electron chi connectivity index (χ0n) is 9.50. The van der Waals surface area contributed by atoms with Gasteiger partial charge in [0.15, 0.2) is 0 Å². The smallest absolute Gasteiger partial charge is 0.219 e. The number of fused-ring (bicyclic) bond motifs is 3. The molecule has 0 spiro atoms. The van der Waals surface area contributed by atoms with Crippen molar-refractivity contribution in [2.75, 3.05) is 6.54 Å². The van der Waals surface area contributed by atoms with Gasteiger partial charge >= 0.3 is 0 Å². The van der Waals surface area contributed by atoms with Gasteiger partial charge in [-0.1, -0.05) is 11.6 Å². The van der Waals surface area contributed by atoms with Crippen LogP contribution in [-0.4, -0.2) is 17.4 Å². The molecule has 1 aliphatic heterocycles. The quantitative estimate of drug-likeness (QED) is 0.714. The number of hydrogen-bond acceptors (Lipinski definition) is 2. The molecule has 0 saturated carbocycles. The molecule has 0 bridgehead atoms. The Morgan fingerprint density at radius 3 is 3.06 bits per heavy atom. The highest BCUT2D eigenvalue weighted by Crippen LogP contribution is 2.36. The monoisotopic (exact) mass is 265 g/mol. The second-order valence-electron chi connectivity index (χ2n) is 4.33. The fraction of sp³-hybridized carbons (Fsp3) is 0.308. The Morgan fingerprint density at radius 2 is 2.29 bits per heavy atom. The molecule has 1 amide bonds. The van der Waals surface area contributed by atoms with Crippen molar-refractivity contribution in [3.63, 3.8) is 0 Å². The molecule has 88 valence electrons. The summed E-state index contributed by atoms with van der Waals surface area (Å²) in [5, 5.41) is 2.05. The van der Waals surface area contributed by atoms with Crippen molar-refractivity contribution >= 4 is 38.9 Å². The van der Waals surface area contributed by atoms with Gasteiger partial charge in [0.25, 0.3) is 0 Å². The number of rotatable bonds is 0. The molecule has 0 N–H and O–H groups in total. The Kier molecular flexibility index (Phi) is 2.60. The Hall–Kier alpha value is -1.06. The summed E-state index contributed by atoms with van der Waals surface area (Å²) in [5.41, 5.74) is 1.38. The molecule has 2 nitrogen and oxygen atoms in total. The largest absolute Gasteiger partial charge is 0.337 e. The molecule has 0 saturated heterocycles. The average Bonchev–Trinajstić information content (AvgIpc) is 2.66. The second kappa shape index (κ2) is 4.00. The van der Waals surface area contributed by atoms with Gasteiger partial charge in [0.05, 0.1) is 6.54 Å². The maximum absolute atomic E-state index is 11.4. The molecule has 0 aliphatic carbocycles. The summed E-state index contributed by atoms with van der Waals surface area (Å²) in [4.78, 5) is 14.6. The number of hydrogen-bond donors (Lipinski definition) is 0. The van der Waals surface area contributed by atoms with Crippen molar-refractivity contribution in [3.8, 4) is 0 Å². The first-order valence-electron chi connectivity index (χ1n) is 5.60. The van der Waals surface area contributed by atoms with Gasteiger partial charge in [0.1, 0.15) is 0 Å². The lowest BCUT2D eigenvalue weighted by molar-refractivity contribution is -0.129. The molecule has 2 aromatic rings. The van der Waals surface area contributed by atoms with Crippen LogP contribution >= 0.6 is 22.9 Å². The number of nitrogens with zero attached hydrogens (tertiary/aromatic N) is 1. The van der Waals surface area contributed by atoms with E-state index in [9.17, 15) is 4.79 Å². The van der Waals surface area contributed by atoms with E-state index in [1.807, 2.05) is 17.0 Å². The van der Waals surface area contributed by atoms with E-state index in [-0.39, 0.29) is 5.91 Å². The van der Waals surface area contributed by atoms with Crippen LogP contribution in [0, 0.1) is 0 Å². The van der Waals surface area contributed by atoms with Crippen molar-refractivity contribution < 1.29 is 4.79 Å². The Bertz CT molecular complexity index is 605. The first kappa shape index (κ1) is 11.1. The van der Waals surface area contributed by atoms with Crippen molar-refractivity contribution in [1.29, 1.82) is 0 Å². The SMILES string of the molecule is CC(=O)N1CCc2c(sc3ccc(Cl)cc23)C1. The minimum Gasteiger partial charge on any atom is -0.337 e. The highest BCUT2D eigenvalue weighted by Gasteiger charge is 2.22. The van der Waals surface area contributed by atoms with E-state index < -0.39 is 0 Å². The van der Waals surface area contributed by atoms with Crippen molar-refractivity contribution in [3.05, 3.63) is 33.7 Å². The predicted octanol–water partition coefficient (Wildman–Crippen LogP) is 3.46. The lowest BCUT2D eigenvalue weighted by Gasteiger charge is -2.25. The third-order valence-electron chi connectivity index (χ3n) is 3.25. The molecule has 2 heterocycles. The lowest BCUT2D eigenvalue weighted by atomic mass is 10.0. The average molecular weight is 266 g/mol. The molecule has 0 unspecified atom stereocenters. The fourth-order valence-corrected chi connectivity index (χ4v) is 3.76. The Morgan fingerprint density at radius 1 is 1.47 bits per heavy atom. The van der Waals surface area contributed by atoms with Gasteiger partial charge < -0.3 is 4.90 Å². The van der Waals surface area contributed by atoms with Gasteiger partial charge in [-0.15, -0.1) is 11.3 Å². The molecule has 0 fully saturated rings. The summed E-state index contributed by atoms with van der Waals surface area (Å²) in [6, 6.07) is 6.03. The predicted molar refractivity (Wildman–Crippen MR) is 71.6 cm³/mol. The number of carbonyl (C=O) groups is 1. The number of halogens is 1. The molecule has 0 atom stereocenters. The molecule has 17 heavy (non-hydrogen) atoms. The molecule has 1 aliphatic rings. The van der Waals surface area contributed by atoms with E-state index in [1.54, 1.807) is 18.3 Å². The zero-order valence-corrected chi connectivity index (χ0v) is 11.1. The molecule has 3 rings (SSSR count). The molecular formula is C13H12ClNOS. The van der Waals surface area contributed by atoms with Gasteiger partial charge in [-0.25, -0.2) is 0 Å². The maximum atomic E-state index is 11.4. The van der Waals surface area contributed by atoms with Gasteiger partial charge in [0, 0.05) is 28.1 Å². The van der Waals surface area contributed by atoms with Crippen molar-refractivity contribution in [2.24, 2.45) is 0 Å². The lowest BCUT2D eigenvalue weighted by Crippen LogP contribution is -2.33. The maximum Gasteiger partial charge on any atom is 0.219 e. The highest BCUT2D eigenvalue weighted by molar-refractivity contribution is 7.19. The molecular weight excluding hydrogens is 254 g/mol. The van der Waals surface area contributed by atoms with Crippen LogP contribution in [0.25, 0.3) is 10.1 Å². The first-order chi connectivity index (χ1) is 8.15. The van der Waals surface area contributed by atoms with Crippen LogP contribution in [0.2, 0.25) is 5.02 Å². The molecule has 1 aromatic carbocycles. The Balaban J connectivity index is 2.10. The van der Waals surface area contributed by atoms with Crippen LogP contribution in [0.15, 0.2) is 18.2 Å². The summed E-state index contributed by atoms with van der Waals surface area (Å²) in [6.07, 6.45) is 0.940. The summed E-state index contributed by atoms with van der Waals surface area (Å²) in [6.45, 7) is 3.21. The standard InChI is InChI=1S/C13H12ClNOS/c1-8(16)15-5-4-10-11-6-9(14)2-3-12(11)17-13(10)7-15/h2-3,6H,4-5,7H2,1H3. The van der Waals surface area contributed by atoms with E-state index in [4.69, 9.17) is 11.6 Å². The van der Waals surface area contributed by atoms with E-state index in [0.717, 1.165) is 24.5 Å². The zero-order chi connectivity index (χ0) is 12.0. The molecule has 0 radical (unpaired) electrons. The topological polar surface area (TPSA) is 20.3 Å². The minimum atomic E-state index is 0.158. The van der Waals surface area contributed by atoms with E-state index in [2.05, 4.69) is 6.07 Å². The van der Waals surface area contributed by atoms with Crippen LogP contribution in [0.1, 0.15) is 17.4 Å². The summed E-state index contributed by atoms with van der Waals surface area (Å²) in [5.74, 6) is 0.158. The fourth-order valence-electron chi connectivity index (χ4n) is 2.34. The van der Waals surface area contributed by atoms with Gasteiger partial charge in [-0.2, -0.15) is 0 Å². The molecule has 1 aromatic heterocycles. The van der Waals surface area contributed by atoms with Crippen LogP contribution in [-0.2, 0) is 17.8 Å². The summed E-state index contributed by atoms with van der Waals surface area (Å²) in [7, 11) is 0. The summed E-state index contributed by atoms with van der Waals surface area (Å²) < 4.78 is 1.27. The van der Waals surface area contributed by atoms with Crippen molar-refractivity contribution in [2.45, 2.75) is 19.9 Å². The van der Waals surface area contributed by atoms with Crippen LogP contribution in [0.3, 0.4) is 0 Å². The minimum absolute atomic E-state index is 0.158. The third kappa shape index (κ3) is 1.83. The first-order valence-corrected chi connectivity index (χ1v) is 6.80. The van der Waals surface area contributed by atoms with Gasteiger partial charge in [-0.3, -0.25) is 4.79 Å². The Labute approximate surface area is 109 Å². The summed E-state index contributed by atoms with van der Waals surface area (Å²) >= 11 is 7.81. The number of amides is 1. The van der Waals surface area contributed by atoms with Crippen LogP contribution in [0.5, 0.6) is 0 Å². The van der Waals surface area contributed by atoms with E-state index >= 15 is 0 Å². The number of benzene rings is 1. The molecule has 4 heteroatoms. The third-order valence-corrected chi connectivity index (χ3v) is 4.68.